The second-order valence-corrected chi connectivity index (χ2v) is 8.35. The molecule has 166 valence electrons. The van der Waals surface area contributed by atoms with Crippen molar-refractivity contribution in [2.45, 2.75) is 25.4 Å². The number of nitrogens with one attached hydrogen (secondary N) is 1. The largest absolute Gasteiger partial charge is 0.368 e. The molecule has 1 aromatic heterocycles. The highest BCUT2D eigenvalue weighted by molar-refractivity contribution is 6.35. The zero-order valence-corrected chi connectivity index (χ0v) is 18.4. The van der Waals surface area contributed by atoms with Crippen LogP contribution in [-0.2, 0) is 14.3 Å². The van der Waals surface area contributed by atoms with Crippen molar-refractivity contribution in [3.63, 3.8) is 0 Å². The molecule has 1 N–H and O–H groups in total. The second kappa shape index (κ2) is 9.84. The normalized spacial score (nSPS) is 20.6. The van der Waals surface area contributed by atoms with Crippen LogP contribution in [0.5, 0.6) is 0 Å². The molecule has 4 rings (SSSR count). The number of carbonyl (C=O) groups excluding carboxylic acids is 2. The third-order valence-electron chi connectivity index (χ3n) is 5.28. The Morgan fingerprint density at radius 1 is 1.13 bits per heavy atom. The van der Waals surface area contributed by atoms with Crippen LogP contribution in [0.1, 0.15) is 19.3 Å². The van der Waals surface area contributed by atoms with E-state index in [1.54, 1.807) is 23.1 Å². The van der Waals surface area contributed by atoms with Crippen molar-refractivity contribution in [1.29, 1.82) is 0 Å². The number of hydrogen-bond donors (Lipinski definition) is 1. The van der Waals surface area contributed by atoms with E-state index >= 15 is 0 Å². The van der Waals surface area contributed by atoms with Gasteiger partial charge in [0.1, 0.15) is 6.10 Å². The minimum absolute atomic E-state index is 0.0781. The van der Waals surface area contributed by atoms with Crippen LogP contribution < -0.4 is 10.2 Å². The van der Waals surface area contributed by atoms with Crippen LogP contribution >= 0.6 is 23.2 Å². The highest BCUT2D eigenvalue weighted by atomic mass is 35.5. The van der Waals surface area contributed by atoms with Crippen LogP contribution in [0.25, 0.3) is 11.4 Å². The van der Waals surface area contributed by atoms with Crippen molar-refractivity contribution in [2.24, 2.45) is 0 Å². The lowest BCUT2D eigenvalue weighted by Crippen LogP contribution is -2.47. The molecule has 0 radical (unpaired) electrons. The third kappa shape index (κ3) is 5.47. The van der Waals surface area contributed by atoms with Gasteiger partial charge in [-0.05, 0) is 31.0 Å². The summed E-state index contributed by atoms with van der Waals surface area (Å²) in [5, 5.41) is 7.84. The SMILES string of the molecule is O=C1CCN(C(=O)[C@@H]2CCCO2)CCN(c2nc(-c3cc(Cl)cc(Cl)c3)no2)CCN1. The summed E-state index contributed by atoms with van der Waals surface area (Å²) in [6, 6.07) is 5.33. The first-order chi connectivity index (χ1) is 15.0. The maximum Gasteiger partial charge on any atom is 0.324 e. The van der Waals surface area contributed by atoms with Crippen LogP contribution in [-0.4, -0.2) is 72.3 Å². The molecule has 2 fully saturated rings. The summed E-state index contributed by atoms with van der Waals surface area (Å²) in [5.41, 5.74) is 0.636. The summed E-state index contributed by atoms with van der Waals surface area (Å²) in [6.45, 7) is 2.73. The second-order valence-electron chi connectivity index (χ2n) is 7.47. The molecule has 9 nitrogen and oxygen atoms in total. The average Bonchev–Trinajstić information content (AvgIpc) is 3.43. The summed E-state index contributed by atoms with van der Waals surface area (Å²) in [4.78, 5) is 33.0. The van der Waals surface area contributed by atoms with Gasteiger partial charge in [-0.25, -0.2) is 0 Å². The fraction of sp³-hybridized carbons (Fsp3) is 0.500. The lowest BCUT2D eigenvalue weighted by Gasteiger charge is -2.29. The van der Waals surface area contributed by atoms with Crippen molar-refractivity contribution in [1.82, 2.24) is 20.4 Å². The predicted molar refractivity (Wildman–Crippen MR) is 115 cm³/mol. The topological polar surface area (TPSA) is 101 Å². The van der Waals surface area contributed by atoms with E-state index in [0.717, 1.165) is 6.42 Å². The molecule has 11 heteroatoms. The number of nitrogens with zero attached hydrogens (tertiary/aromatic N) is 4. The van der Waals surface area contributed by atoms with Crippen molar-refractivity contribution in [3.05, 3.63) is 28.2 Å². The van der Waals surface area contributed by atoms with Gasteiger partial charge in [-0.3, -0.25) is 9.59 Å². The first-order valence-electron chi connectivity index (χ1n) is 10.2. The molecular formula is C20H23Cl2N5O4. The molecule has 0 aliphatic carbocycles. The Hall–Kier alpha value is -2.36. The number of amides is 2. The maximum absolute atomic E-state index is 12.8. The summed E-state index contributed by atoms with van der Waals surface area (Å²) in [5.74, 6) is 0.171. The van der Waals surface area contributed by atoms with Crippen molar-refractivity contribution in [3.8, 4) is 11.4 Å². The molecular weight excluding hydrogens is 445 g/mol. The van der Waals surface area contributed by atoms with E-state index in [1.165, 1.54) is 0 Å². The molecule has 0 spiro atoms. The monoisotopic (exact) mass is 467 g/mol. The summed E-state index contributed by atoms with van der Waals surface area (Å²) in [6.07, 6.45) is 1.41. The zero-order chi connectivity index (χ0) is 21.8. The van der Waals surface area contributed by atoms with E-state index in [1.807, 2.05) is 4.90 Å². The Morgan fingerprint density at radius 2 is 1.94 bits per heavy atom. The van der Waals surface area contributed by atoms with Crippen LogP contribution in [0, 0.1) is 0 Å². The molecule has 0 saturated carbocycles. The highest BCUT2D eigenvalue weighted by Crippen LogP contribution is 2.27. The zero-order valence-electron chi connectivity index (χ0n) is 16.9. The Bertz CT molecular complexity index is 927. The van der Waals surface area contributed by atoms with E-state index in [4.69, 9.17) is 32.5 Å². The number of aromatic nitrogens is 2. The van der Waals surface area contributed by atoms with Crippen molar-refractivity contribution >= 4 is 41.0 Å². The molecule has 2 aliphatic rings. The smallest absolute Gasteiger partial charge is 0.324 e. The average molecular weight is 468 g/mol. The van der Waals surface area contributed by atoms with Crippen LogP contribution in [0.15, 0.2) is 22.7 Å². The fourth-order valence-electron chi connectivity index (χ4n) is 3.65. The van der Waals surface area contributed by atoms with Gasteiger partial charge in [0.15, 0.2) is 0 Å². The van der Waals surface area contributed by atoms with Gasteiger partial charge in [-0.1, -0.05) is 28.4 Å². The molecule has 31 heavy (non-hydrogen) atoms. The van der Waals surface area contributed by atoms with Gasteiger partial charge >= 0.3 is 6.01 Å². The van der Waals surface area contributed by atoms with Gasteiger partial charge in [0.25, 0.3) is 5.91 Å². The Balaban J connectivity index is 1.51. The van der Waals surface area contributed by atoms with Gasteiger partial charge in [-0.15, -0.1) is 0 Å². The van der Waals surface area contributed by atoms with E-state index in [0.29, 0.717) is 73.2 Å². The maximum atomic E-state index is 12.8. The minimum atomic E-state index is -0.429. The van der Waals surface area contributed by atoms with Gasteiger partial charge in [0, 0.05) is 61.4 Å². The van der Waals surface area contributed by atoms with Crippen LogP contribution in [0.4, 0.5) is 6.01 Å². The Labute approximate surface area is 189 Å². The quantitative estimate of drug-likeness (QED) is 0.738. The Morgan fingerprint density at radius 3 is 2.68 bits per heavy atom. The molecule has 2 saturated heterocycles. The number of carbonyl (C=O) groups is 2. The van der Waals surface area contributed by atoms with E-state index < -0.39 is 6.10 Å². The first kappa shape index (κ1) is 21.9. The minimum Gasteiger partial charge on any atom is -0.368 e. The molecule has 2 amide bonds. The molecule has 0 unspecified atom stereocenters. The number of halogens is 2. The predicted octanol–water partition coefficient (Wildman–Crippen LogP) is 2.38. The number of anilines is 1. The molecule has 2 aliphatic heterocycles. The van der Waals surface area contributed by atoms with Crippen molar-refractivity contribution in [2.75, 3.05) is 44.2 Å². The highest BCUT2D eigenvalue weighted by Gasteiger charge is 2.29. The van der Waals surface area contributed by atoms with Crippen LogP contribution in [0.2, 0.25) is 10.0 Å². The van der Waals surface area contributed by atoms with E-state index in [2.05, 4.69) is 15.5 Å². The number of benzene rings is 1. The fourth-order valence-corrected chi connectivity index (χ4v) is 4.18. The first-order valence-corrected chi connectivity index (χ1v) is 11.0. The lowest BCUT2D eigenvalue weighted by molar-refractivity contribution is -0.141. The molecule has 0 bridgehead atoms. The standard InChI is InChI=1S/C20H23Cl2N5O4/c21-14-10-13(11-15(22)12-14)18-24-20(31-25-18)27-6-4-23-17(28)3-5-26(7-8-27)19(29)16-2-1-9-30-16/h10-12,16H,1-9H2,(H,23,28)/t16-/m0/s1. The summed E-state index contributed by atoms with van der Waals surface area (Å²) < 4.78 is 11.0. The van der Waals surface area contributed by atoms with Gasteiger partial charge in [-0.2, -0.15) is 4.98 Å². The number of hydrogen-bond acceptors (Lipinski definition) is 7. The molecule has 2 aromatic rings. The lowest BCUT2D eigenvalue weighted by atomic mass is 10.2. The van der Waals surface area contributed by atoms with Gasteiger partial charge in [0.05, 0.1) is 0 Å². The Kier molecular flexibility index (Phi) is 6.94. The van der Waals surface area contributed by atoms with Gasteiger partial charge in [0.2, 0.25) is 11.7 Å². The molecule has 3 heterocycles. The van der Waals surface area contributed by atoms with Gasteiger partial charge < -0.3 is 24.4 Å². The number of ether oxygens (including phenoxy) is 1. The van der Waals surface area contributed by atoms with E-state index in [9.17, 15) is 9.59 Å². The van der Waals surface area contributed by atoms with Crippen LogP contribution in [0.3, 0.4) is 0 Å². The van der Waals surface area contributed by atoms with Crippen molar-refractivity contribution < 1.29 is 18.8 Å². The summed E-state index contributed by atoms with van der Waals surface area (Å²) >= 11 is 12.1. The molecule has 1 atom stereocenters. The third-order valence-corrected chi connectivity index (χ3v) is 5.71. The molecule has 1 aromatic carbocycles. The number of rotatable bonds is 3. The summed E-state index contributed by atoms with van der Waals surface area (Å²) in [7, 11) is 0. The van der Waals surface area contributed by atoms with E-state index in [-0.39, 0.29) is 18.2 Å².